The zero-order valence-electron chi connectivity index (χ0n) is 12.1. The molecule has 1 N–H and O–H groups in total. The molecular weight excluding hydrogens is 330 g/mol. The van der Waals surface area contributed by atoms with Crippen molar-refractivity contribution in [2.24, 2.45) is 0 Å². The van der Waals surface area contributed by atoms with Gasteiger partial charge in [0.1, 0.15) is 4.60 Å². The fourth-order valence-corrected chi connectivity index (χ4v) is 2.29. The van der Waals surface area contributed by atoms with Gasteiger partial charge in [0.25, 0.3) is 0 Å². The highest BCUT2D eigenvalue weighted by molar-refractivity contribution is 9.10. The van der Waals surface area contributed by atoms with E-state index in [1.807, 2.05) is 36.4 Å². The molecule has 0 radical (unpaired) electrons. The lowest BCUT2D eigenvalue weighted by Crippen LogP contribution is -2.23. The molecule has 2 rings (SSSR count). The molecular formula is C16H18BrN3O. The second-order valence-corrected chi connectivity index (χ2v) is 5.69. The number of hydrogen-bond acceptors (Lipinski definition) is 3. The summed E-state index contributed by atoms with van der Waals surface area (Å²) in [4.78, 5) is 17.3. The van der Waals surface area contributed by atoms with Crippen molar-refractivity contribution < 1.29 is 4.79 Å². The van der Waals surface area contributed by atoms with Gasteiger partial charge in [-0.15, -0.1) is 0 Å². The van der Waals surface area contributed by atoms with Crippen molar-refractivity contribution >= 4 is 27.5 Å². The van der Waals surface area contributed by atoms with Crippen molar-refractivity contribution in [3.63, 3.8) is 0 Å². The van der Waals surface area contributed by atoms with Crippen molar-refractivity contribution in [3.05, 3.63) is 58.3 Å². The highest BCUT2D eigenvalue weighted by Gasteiger charge is 2.04. The largest absolute Gasteiger partial charge is 0.379 e. The van der Waals surface area contributed by atoms with E-state index in [0.29, 0.717) is 13.1 Å². The molecule has 2 aromatic rings. The number of amides is 1. The summed E-state index contributed by atoms with van der Waals surface area (Å²) in [5.41, 5.74) is 3.08. The average Bonchev–Trinajstić information content (AvgIpc) is 2.45. The fourth-order valence-electron chi connectivity index (χ4n) is 1.91. The molecule has 0 atom stereocenters. The molecule has 0 saturated carbocycles. The van der Waals surface area contributed by atoms with Crippen molar-refractivity contribution in [1.29, 1.82) is 0 Å². The van der Waals surface area contributed by atoms with E-state index < -0.39 is 0 Å². The van der Waals surface area contributed by atoms with E-state index in [1.54, 1.807) is 18.9 Å². The molecule has 0 unspecified atom stereocenters. The second-order valence-electron chi connectivity index (χ2n) is 4.88. The number of aromatic nitrogens is 1. The highest BCUT2D eigenvalue weighted by Crippen LogP contribution is 2.14. The maximum absolute atomic E-state index is 11.3. The summed E-state index contributed by atoms with van der Waals surface area (Å²) in [6.07, 6.45) is 0. The van der Waals surface area contributed by atoms with Crippen LogP contribution in [0.4, 0.5) is 5.69 Å². The van der Waals surface area contributed by atoms with E-state index in [-0.39, 0.29) is 5.91 Å². The molecule has 21 heavy (non-hydrogen) atoms. The van der Waals surface area contributed by atoms with Gasteiger partial charge in [0, 0.05) is 26.2 Å². The number of nitrogens with one attached hydrogen (secondary N) is 1. The van der Waals surface area contributed by atoms with Crippen LogP contribution in [0.3, 0.4) is 0 Å². The van der Waals surface area contributed by atoms with Crippen molar-refractivity contribution in [3.8, 4) is 0 Å². The van der Waals surface area contributed by atoms with E-state index in [2.05, 4.69) is 32.3 Å². The Labute approximate surface area is 133 Å². The number of hydrogen-bond donors (Lipinski definition) is 1. The number of carbonyl (C=O) groups is 1. The molecule has 0 spiro atoms. The third-order valence-electron chi connectivity index (χ3n) is 3.13. The first-order valence-corrected chi connectivity index (χ1v) is 7.50. The SMILES string of the molecule is CC(=O)N(C)Cc1cccc(NCc2cccc(Br)n2)c1. The maximum atomic E-state index is 11.3. The van der Waals surface area contributed by atoms with E-state index in [0.717, 1.165) is 21.5 Å². The molecule has 0 aliphatic carbocycles. The van der Waals surface area contributed by atoms with E-state index in [4.69, 9.17) is 0 Å². The van der Waals surface area contributed by atoms with Crippen LogP contribution in [0, 0.1) is 0 Å². The van der Waals surface area contributed by atoms with Crippen LogP contribution in [0.2, 0.25) is 0 Å². The van der Waals surface area contributed by atoms with Crippen LogP contribution < -0.4 is 5.32 Å². The molecule has 1 aromatic heterocycles. The first-order valence-electron chi connectivity index (χ1n) is 6.70. The summed E-state index contributed by atoms with van der Waals surface area (Å²) in [5, 5.41) is 3.34. The van der Waals surface area contributed by atoms with Crippen LogP contribution >= 0.6 is 15.9 Å². The van der Waals surface area contributed by atoms with Crippen LogP contribution in [-0.2, 0) is 17.9 Å². The Bertz CT molecular complexity index is 630. The molecule has 5 heteroatoms. The maximum Gasteiger partial charge on any atom is 0.219 e. The Hall–Kier alpha value is -1.88. The number of benzene rings is 1. The van der Waals surface area contributed by atoms with Crippen LogP contribution in [0.5, 0.6) is 0 Å². The summed E-state index contributed by atoms with van der Waals surface area (Å²) in [6, 6.07) is 13.9. The minimum absolute atomic E-state index is 0.0618. The molecule has 0 saturated heterocycles. The van der Waals surface area contributed by atoms with Crippen LogP contribution in [0.1, 0.15) is 18.2 Å². The third kappa shape index (κ3) is 4.86. The zero-order valence-corrected chi connectivity index (χ0v) is 13.7. The third-order valence-corrected chi connectivity index (χ3v) is 3.57. The number of halogens is 1. The van der Waals surface area contributed by atoms with Crippen molar-refractivity contribution in [1.82, 2.24) is 9.88 Å². The lowest BCUT2D eigenvalue weighted by molar-refractivity contribution is -0.128. The van der Waals surface area contributed by atoms with E-state index in [1.165, 1.54) is 0 Å². The fraction of sp³-hybridized carbons (Fsp3) is 0.250. The van der Waals surface area contributed by atoms with Gasteiger partial charge >= 0.3 is 0 Å². The van der Waals surface area contributed by atoms with Gasteiger partial charge in [0.15, 0.2) is 0 Å². The minimum atomic E-state index is 0.0618. The van der Waals surface area contributed by atoms with Gasteiger partial charge in [-0.3, -0.25) is 4.79 Å². The van der Waals surface area contributed by atoms with Crippen LogP contribution in [0.15, 0.2) is 47.1 Å². The smallest absolute Gasteiger partial charge is 0.219 e. The van der Waals surface area contributed by atoms with Gasteiger partial charge in [0.2, 0.25) is 5.91 Å². The normalized spacial score (nSPS) is 10.2. The Kier molecular flexibility index (Phi) is 5.33. The Morgan fingerprint density at radius 2 is 2.05 bits per heavy atom. The molecule has 4 nitrogen and oxygen atoms in total. The predicted octanol–water partition coefficient (Wildman–Crippen LogP) is 3.43. The monoisotopic (exact) mass is 347 g/mol. The molecule has 1 aromatic carbocycles. The van der Waals surface area contributed by atoms with Gasteiger partial charge in [-0.1, -0.05) is 18.2 Å². The highest BCUT2D eigenvalue weighted by atomic mass is 79.9. The topological polar surface area (TPSA) is 45.2 Å². The Morgan fingerprint density at radius 3 is 2.76 bits per heavy atom. The van der Waals surface area contributed by atoms with Gasteiger partial charge in [-0.25, -0.2) is 4.98 Å². The summed E-state index contributed by atoms with van der Waals surface area (Å²) in [7, 11) is 1.80. The van der Waals surface area contributed by atoms with Gasteiger partial charge in [0.05, 0.1) is 12.2 Å². The number of carbonyl (C=O) groups excluding carboxylic acids is 1. The summed E-state index contributed by atoms with van der Waals surface area (Å²) < 4.78 is 0.832. The number of anilines is 1. The van der Waals surface area contributed by atoms with Crippen LogP contribution in [0.25, 0.3) is 0 Å². The zero-order chi connectivity index (χ0) is 15.2. The lowest BCUT2D eigenvalue weighted by atomic mass is 10.2. The molecule has 1 heterocycles. The number of rotatable bonds is 5. The Morgan fingerprint density at radius 1 is 1.29 bits per heavy atom. The van der Waals surface area contributed by atoms with Gasteiger partial charge in [-0.2, -0.15) is 0 Å². The number of nitrogens with zero attached hydrogens (tertiary/aromatic N) is 2. The average molecular weight is 348 g/mol. The standard InChI is InChI=1S/C16H18BrN3O/c1-12(21)20(2)11-13-5-3-6-14(9-13)18-10-15-7-4-8-16(17)19-15/h3-9,18H,10-11H2,1-2H3. The number of pyridine rings is 1. The summed E-state index contributed by atoms with van der Waals surface area (Å²) in [6.45, 7) is 2.84. The van der Waals surface area contributed by atoms with E-state index >= 15 is 0 Å². The second kappa shape index (κ2) is 7.22. The molecule has 1 amide bonds. The molecule has 0 aliphatic rings. The quantitative estimate of drug-likeness (QED) is 0.842. The molecule has 0 aliphatic heterocycles. The first-order chi connectivity index (χ1) is 10.0. The first kappa shape index (κ1) is 15.5. The van der Waals surface area contributed by atoms with Crippen molar-refractivity contribution in [2.75, 3.05) is 12.4 Å². The summed E-state index contributed by atoms with van der Waals surface area (Å²) >= 11 is 3.36. The van der Waals surface area contributed by atoms with Gasteiger partial charge in [-0.05, 0) is 45.8 Å². The summed E-state index contributed by atoms with van der Waals surface area (Å²) in [5.74, 6) is 0.0618. The molecule has 0 bridgehead atoms. The Balaban J connectivity index is 1.99. The van der Waals surface area contributed by atoms with Crippen LogP contribution in [-0.4, -0.2) is 22.8 Å². The molecule has 0 fully saturated rings. The molecule has 110 valence electrons. The lowest BCUT2D eigenvalue weighted by Gasteiger charge is -2.15. The van der Waals surface area contributed by atoms with Crippen molar-refractivity contribution in [2.45, 2.75) is 20.0 Å². The van der Waals surface area contributed by atoms with Gasteiger partial charge < -0.3 is 10.2 Å². The van der Waals surface area contributed by atoms with E-state index in [9.17, 15) is 4.79 Å². The predicted molar refractivity (Wildman–Crippen MR) is 87.9 cm³/mol. The minimum Gasteiger partial charge on any atom is -0.379 e.